The van der Waals surface area contributed by atoms with Crippen LogP contribution in [0.2, 0.25) is 0 Å². The molecule has 0 aromatic heterocycles. The summed E-state index contributed by atoms with van der Waals surface area (Å²) in [5.41, 5.74) is 3.53. The van der Waals surface area contributed by atoms with Crippen molar-refractivity contribution >= 4 is 7.26 Å². The van der Waals surface area contributed by atoms with Gasteiger partial charge in [0.25, 0.3) is 0 Å². The summed E-state index contributed by atoms with van der Waals surface area (Å²) < 4.78 is 0. The highest BCUT2D eigenvalue weighted by atomic mass is 31.2. The molecular formula is C12H28FP. The Bertz CT molecular complexity index is 113. The standard InChI is InChI=1S/C12H28P.FH/c1-9(2)13(10(3)4,11(5)6)12(7)8;/h9-12H,1-8H3;1H/q+1;/p-1. The van der Waals surface area contributed by atoms with Crippen molar-refractivity contribution < 1.29 is 4.70 Å². The molecule has 0 saturated carbocycles. The van der Waals surface area contributed by atoms with E-state index in [1.165, 1.54) is 0 Å². The van der Waals surface area contributed by atoms with E-state index >= 15 is 0 Å². The van der Waals surface area contributed by atoms with Gasteiger partial charge in [0.2, 0.25) is 0 Å². The van der Waals surface area contributed by atoms with Crippen molar-refractivity contribution in [2.24, 2.45) is 0 Å². The first kappa shape index (κ1) is 16.8. The van der Waals surface area contributed by atoms with Crippen LogP contribution in [0.4, 0.5) is 0 Å². The highest BCUT2D eigenvalue weighted by molar-refractivity contribution is 7.78. The van der Waals surface area contributed by atoms with E-state index in [1.807, 2.05) is 0 Å². The largest absolute Gasteiger partial charge is 1.00 e. The molecule has 0 aromatic rings. The lowest BCUT2D eigenvalue weighted by Crippen LogP contribution is -3.00. The van der Waals surface area contributed by atoms with E-state index in [9.17, 15) is 0 Å². The predicted molar refractivity (Wildman–Crippen MR) is 67.5 cm³/mol. The van der Waals surface area contributed by atoms with Crippen LogP contribution in [-0.2, 0) is 0 Å². The zero-order valence-corrected chi connectivity index (χ0v) is 12.0. The monoisotopic (exact) mass is 222 g/mol. The Morgan fingerprint density at radius 2 is 0.643 bits per heavy atom. The molecule has 0 atom stereocenters. The first-order valence-corrected chi connectivity index (χ1v) is 7.72. The van der Waals surface area contributed by atoms with Gasteiger partial charge in [0.05, 0.1) is 22.6 Å². The summed E-state index contributed by atoms with van der Waals surface area (Å²) in [5.74, 6) is 0. The van der Waals surface area contributed by atoms with Gasteiger partial charge in [0.1, 0.15) is 0 Å². The highest BCUT2D eigenvalue weighted by Gasteiger charge is 2.49. The minimum Gasteiger partial charge on any atom is -1.00 e. The third kappa shape index (κ3) is 2.69. The van der Waals surface area contributed by atoms with E-state index in [0.29, 0.717) is 0 Å². The summed E-state index contributed by atoms with van der Waals surface area (Å²) in [6, 6.07) is 0. The van der Waals surface area contributed by atoms with Gasteiger partial charge in [-0.15, -0.1) is 0 Å². The maximum atomic E-state index is 2.42. The van der Waals surface area contributed by atoms with Gasteiger partial charge >= 0.3 is 0 Å². The zero-order chi connectivity index (χ0) is 10.8. The molecule has 0 nitrogen and oxygen atoms in total. The highest BCUT2D eigenvalue weighted by Crippen LogP contribution is 2.73. The normalized spacial score (nSPS) is 12.9. The first-order chi connectivity index (χ1) is 5.77. The molecule has 0 aromatic carbocycles. The van der Waals surface area contributed by atoms with Gasteiger partial charge in [-0.3, -0.25) is 0 Å². The topological polar surface area (TPSA) is 0 Å². The van der Waals surface area contributed by atoms with E-state index in [1.54, 1.807) is 0 Å². The van der Waals surface area contributed by atoms with E-state index in [4.69, 9.17) is 0 Å². The molecule has 0 aliphatic rings. The summed E-state index contributed by atoms with van der Waals surface area (Å²) in [7, 11) is -0.784. The molecule has 0 heterocycles. The Hall–Kier alpha value is 0.360. The summed E-state index contributed by atoms with van der Waals surface area (Å²) in [6.07, 6.45) is 0. The molecular weight excluding hydrogens is 194 g/mol. The molecule has 0 radical (unpaired) electrons. The van der Waals surface area contributed by atoms with Gasteiger partial charge in [0.15, 0.2) is 0 Å². The van der Waals surface area contributed by atoms with Gasteiger partial charge in [-0.05, 0) is 55.4 Å². The van der Waals surface area contributed by atoms with Crippen LogP contribution in [-0.4, -0.2) is 22.6 Å². The van der Waals surface area contributed by atoms with E-state index in [-0.39, 0.29) is 4.70 Å². The molecule has 0 aliphatic heterocycles. The Morgan fingerprint density at radius 3 is 0.643 bits per heavy atom. The van der Waals surface area contributed by atoms with Gasteiger partial charge in [-0.25, -0.2) is 0 Å². The molecule has 0 amide bonds. The van der Waals surface area contributed by atoms with Crippen molar-refractivity contribution in [2.75, 3.05) is 0 Å². The Morgan fingerprint density at radius 1 is 0.500 bits per heavy atom. The second kappa shape index (κ2) is 6.05. The average molecular weight is 222 g/mol. The fourth-order valence-corrected chi connectivity index (χ4v) is 10.7. The Kier molecular flexibility index (Phi) is 7.26. The van der Waals surface area contributed by atoms with Gasteiger partial charge < -0.3 is 4.70 Å². The molecule has 0 saturated heterocycles. The maximum Gasteiger partial charge on any atom is 0.0649 e. The van der Waals surface area contributed by atoms with Crippen LogP contribution in [0, 0.1) is 0 Å². The molecule has 0 fully saturated rings. The van der Waals surface area contributed by atoms with Crippen LogP contribution < -0.4 is 4.70 Å². The van der Waals surface area contributed by atoms with Crippen molar-refractivity contribution in [3.05, 3.63) is 0 Å². The molecule has 0 spiro atoms. The molecule has 2 heteroatoms. The van der Waals surface area contributed by atoms with Crippen LogP contribution >= 0.6 is 7.26 Å². The van der Waals surface area contributed by atoms with E-state index < -0.39 is 7.26 Å². The molecule has 0 aliphatic carbocycles. The summed E-state index contributed by atoms with van der Waals surface area (Å²) in [6.45, 7) is 19.4. The van der Waals surface area contributed by atoms with Gasteiger partial charge in [-0.1, -0.05) is 0 Å². The number of halogens is 1. The lowest BCUT2D eigenvalue weighted by Gasteiger charge is -2.41. The van der Waals surface area contributed by atoms with Crippen molar-refractivity contribution in [1.29, 1.82) is 0 Å². The number of rotatable bonds is 4. The zero-order valence-electron chi connectivity index (χ0n) is 11.1. The minimum absolute atomic E-state index is 0. The van der Waals surface area contributed by atoms with E-state index in [0.717, 1.165) is 22.6 Å². The smallest absolute Gasteiger partial charge is 0.0649 e. The fourth-order valence-electron chi connectivity index (χ4n) is 3.58. The molecule has 88 valence electrons. The molecule has 0 rings (SSSR count). The summed E-state index contributed by atoms with van der Waals surface area (Å²) in [5, 5.41) is 0. The van der Waals surface area contributed by atoms with Gasteiger partial charge in [-0.2, -0.15) is 0 Å². The second-order valence-corrected chi connectivity index (χ2v) is 11.2. The first-order valence-electron chi connectivity index (χ1n) is 5.65. The molecule has 0 unspecified atom stereocenters. The summed E-state index contributed by atoms with van der Waals surface area (Å²) in [4.78, 5) is 0. The molecule has 0 bridgehead atoms. The quantitative estimate of drug-likeness (QED) is 0.634. The lowest BCUT2D eigenvalue weighted by atomic mass is 10.5. The van der Waals surface area contributed by atoms with Crippen molar-refractivity contribution in [3.8, 4) is 0 Å². The maximum absolute atomic E-state index is 2.42. The van der Waals surface area contributed by atoms with Gasteiger partial charge in [0, 0.05) is 7.26 Å². The predicted octanol–water partition coefficient (Wildman–Crippen LogP) is 1.64. The lowest BCUT2D eigenvalue weighted by molar-refractivity contribution is -0.00000334. The third-order valence-corrected chi connectivity index (χ3v) is 10.7. The van der Waals surface area contributed by atoms with E-state index in [2.05, 4.69) is 55.4 Å². The Balaban J connectivity index is 0. The SMILES string of the molecule is CC(C)[P+](C(C)C)(C(C)C)C(C)C.[F-]. The van der Waals surface area contributed by atoms with Crippen molar-refractivity contribution in [1.82, 2.24) is 0 Å². The average Bonchev–Trinajstić information content (AvgIpc) is 1.82. The third-order valence-electron chi connectivity index (χ3n) is 3.58. The second-order valence-electron chi connectivity index (χ2n) is 5.27. The number of hydrogen-bond acceptors (Lipinski definition) is 0. The fraction of sp³-hybridized carbons (Fsp3) is 1.00. The minimum atomic E-state index is -0.784. The Labute approximate surface area is 90.6 Å². The summed E-state index contributed by atoms with van der Waals surface area (Å²) >= 11 is 0. The van der Waals surface area contributed by atoms with Crippen LogP contribution in [0.15, 0.2) is 0 Å². The van der Waals surface area contributed by atoms with Crippen molar-refractivity contribution in [2.45, 2.75) is 78.0 Å². The molecule has 14 heavy (non-hydrogen) atoms. The van der Waals surface area contributed by atoms with Crippen LogP contribution in [0.25, 0.3) is 0 Å². The van der Waals surface area contributed by atoms with Crippen LogP contribution in [0.5, 0.6) is 0 Å². The van der Waals surface area contributed by atoms with Crippen LogP contribution in [0.1, 0.15) is 55.4 Å². The van der Waals surface area contributed by atoms with Crippen LogP contribution in [0.3, 0.4) is 0 Å². The number of hydrogen-bond donors (Lipinski definition) is 0. The van der Waals surface area contributed by atoms with Crippen molar-refractivity contribution in [3.63, 3.8) is 0 Å². The molecule has 0 N–H and O–H groups in total.